The van der Waals surface area contributed by atoms with Crippen molar-refractivity contribution in [3.8, 4) is 0 Å². The molecule has 1 aliphatic rings. The largest absolute Gasteiger partial charge is 0.329 e. The Balaban J connectivity index is 1.97. The highest BCUT2D eigenvalue weighted by molar-refractivity contribution is 5.92. The summed E-state index contributed by atoms with van der Waals surface area (Å²) in [6.07, 6.45) is 4.45. The molecule has 0 radical (unpaired) electrons. The Morgan fingerprint density at radius 3 is 2.82 bits per heavy atom. The molecule has 0 unspecified atom stereocenters. The second-order valence-electron chi connectivity index (χ2n) is 5.48. The first-order valence-corrected chi connectivity index (χ1v) is 7.21. The van der Waals surface area contributed by atoms with Crippen molar-refractivity contribution < 1.29 is 4.79 Å². The molecule has 1 amide bonds. The summed E-state index contributed by atoms with van der Waals surface area (Å²) in [5.74, 6) is -0.345. The number of hydrogen-bond donors (Lipinski definition) is 3. The zero-order chi connectivity index (χ0) is 15.7. The van der Waals surface area contributed by atoms with E-state index in [-0.39, 0.29) is 17.6 Å². The molecular weight excluding hydrogens is 286 g/mol. The third kappa shape index (κ3) is 2.59. The van der Waals surface area contributed by atoms with Crippen LogP contribution in [0.15, 0.2) is 21.9 Å². The number of carbonyl (C=O) groups is 1. The summed E-state index contributed by atoms with van der Waals surface area (Å²) in [5.41, 5.74) is 0.641. The standard InChI is InChI=1S/C14H17N5O3/c1-8-7-15-18-12(8)10-4-2-3-5-19(10)13(21)9-6-11(20)17-14(22)16-9/h6-7,10H,2-5H2,1H3,(H,15,18)(H2,16,17,20,22)/t10-/m1/s1. The van der Waals surface area contributed by atoms with E-state index in [1.165, 1.54) is 0 Å². The van der Waals surface area contributed by atoms with E-state index in [2.05, 4.69) is 20.2 Å². The number of hydrogen-bond acceptors (Lipinski definition) is 4. The number of nitrogens with one attached hydrogen (secondary N) is 3. The van der Waals surface area contributed by atoms with Gasteiger partial charge in [-0.3, -0.25) is 19.7 Å². The van der Waals surface area contributed by atoms with Gasteiger partial charge < -0.3 is 9.88 Å². The molecule has 0 spiro atoms. The topological polar surface area (TPSA) is 115 Å². The molecular formula is C14H17N5O3. The number of aromatic nitrogens is 4. The summed E-state index contributed by atoms with van der Waals surface area (Å²) in [6, 6.07) is 1.00. The number of nitrogens with zero attached hydrogens (tertiary/aromatic N) is 2. The van der Waals surface area contributed by atoms with Crippen LogP contribution in [-0.4, -0.2) is 37.5 Å². The van der Waals surface area contributed by atoms with Crippen molar-refractivity contribution in [1.29, 1.82) is 0 Å². The van der Waals surface area contributed by atoms with Crippen molar-refractivity contribution in [2.75, 3.05) is 6.54 Å². The molecule has 8 heteroatoms. The number of H-pyrrole nitrogens is 3. The van der Waals surface area contributed by atoms with Crippen molar-refractivity contribution in [2.24, 2.45) is 0 Å². The van der Waals surface area contributed by atoms with Gasteiger partial charge in [0.2, 0.25) is 0 Å². The van der Waals surface area contributed by atoms with Crippen molar-refractivity contribution in [3.63, 3.8) is 0 Å². The van der Waals surface area contributed by atoms with E-state index in [0.717, 1.165) is 36.6 Å². The molecule has 1 fully saturated rings. The molecule has 1 aliphatic heterocycles. The third-order valence-corrected chi connectivity index (χ3v) is 3.96. The number of likely N-dealkylation sites (tertiary alicyclic amines) is 1. The predicted molar refractivity (Wildman–Crippen MR) is 78.6 cm³/mol. The fraction of sp³-hybridized carbons (Fsp3) is 0.429. The molecule has 3 heterocycles. The molecule has 8 nitrogen and oxygen atoms in total. The van der Waals surface area contributed by atoms with Gasteiger partial charge in [0, 0.05) is 12.6 Å². The molecule has 0 saturated carbocycles. The molecule has 0 aliphatic carbocycles. The zero-order valence-corrected chi connectivity index (χ0v) is 12.2. The molecule has 1 saturated heterocycles. The van der Waals surface area contributed by atoms with Crippen LogP contribution in [0.25, 0.3) is 0 Å². The lowest BCUT2D eigenvalue weighted by atomic mass is 9.97. The van der Waals surface area contributed by atoms with Crippen LogP contribution in [0.2, 0.25) is 0 Å². The van der Waals surface area contributed by atoms with Gasteiger partial charge in [-0.1, -0.05) is 0 Å². The van der Waals surface area contributed by atoms with Crippen LogP contribution in [0.1, 0.15) is 47.1 Å². The van der Waals surface area contributed by atoms with Crippen LogP contribution >= 0.6 is 0 Å². The first-order chi connectivity index (χ1) is 10.6. The van der Waals surface area contributed by atoms with Gasteiger partial charge in [0.25, 0.3) is 11.5 Å². The first kappa shape index (κ1) is 14.3. The summed E-state index contributed by atoms with van der Waals surface area (Å²) >= 11 is 0. The van der Waals surface area contributed by atoms with Gasteiger partial charge in [0.1, 0.15) is 5.69 Å². The summed E-state index contributed by atoms with van der Waals surface area (Å²) in [5, 5.41) is 6.97. The Kier molecular flexibility index (Phi) is 3.66. The van der Waals surface area contributed by atoms with E-state index in [4.69, 9.17) is 0 Å². The van der Waals surface area contributed by atoms with Crippen LogP contribution in [-0.2, 0) is 0 Å². The summed E-state index contributed by atoms with van der Waals surface area (Å²) in [4.78, 5) is 41.6. The molecule has 0 bridgehead atoms. The molecule has 3 rings (SSSR count). The summed E-state index contributed by atoms with van der Waals surface area (Å²) in [7, 11) is 0. The number of piperidine rings is 1. The minimum atomic E-state index is -0.679. The maximum atomic E-state index is 12.7. The van der Waals surface area contributed by atoms with Gasteiger partial charge in [-0.05, 0) is 31.7 Å². The Hall–Kier alpha value is -2.64. The van der Waals surface area contributed by atoms with Crippen LogP contribution in [0.5, 0.6) is 0 Å². The van der Waals surface area contributed by atoms with Crippen LogP contribution in [0.3, 0.4) is 0 Å². The Morgan fingerprint density at radius 2 is 2.14 bits per heavy atom. The van der Waals surface area contributed by atoms with Crippen molar-refractivity contribution in [2.45, 2.75) is 32.2 Å². The van der Waals surface area contributed by atoms with Gasteiger partial charge in [0.05, 0.1) is 17.9 Å². The second-order valence-corrected chi connectivity index (χ2v) is 5.48. The van der Waals surface area contributed by atoms with E-state index in [0.29, 0.717) is 6.54 Å². The number of aromatic amines is 3. The van der Waals surface area contributed by atoms with Crippen molar-refractivity contribution >= 4 is 5.91 Å². The molecule has 2 aromatic rings. The average molecular weight is 303 g/mol. The number of amides is 1. The SMILES string of the molecule is Cc1cn[nH]c1[C@H]1CCCCN1C(=O)c1cc(=O)[nH]c(=O)[nH]1. The Labute approximate surface area is 125 Å². The summed E-state index contributed by atoms with van der Waals surface area (Å²) in [6.45, 7) is 2.52. The summed E-state index contributed by atoms with van der Waals surface area (Å²) < 4.78 is 0. The molecule has 22 heavy (non-hydrogen) atoms. The lowest BCUT2D eigenvalue weighted by Gasteiger charge is -2.35. The molecule has 3 N–H and O–H groups in total. The van der Waals surface area contributed by atoms with Gasteiger partial charge >= 0.3 is 5.69 Å². The Morgan fingerprint density at radius 1 is 1.32 bits per heavy atom. The van der Waals surface area contributed by atoms with Gasteiger partial charge in [-0.25, -0.2) is 4.79 Å². The fourth-order valence-corrected chi connectivity index (χ4v) is 2.91. The molecule has 0 aromatic carbocycles. The fourth-order valence-electron chi connectivity index (χ4n) is 2.91. The zero-order valence-electron chi connectivity index (χ0n) is 12.2. The smallest absolute Gasteiger partial charge is 0.326 e. The maximum absolute atomic E-state index is 12.7. The van der Waals surface area contributed by atoms with Gasteiger partial charge in [-0.2, -0.15) is 5.10 Å². The van der Waals surface area contributed by atoms with Crippen LogP contribution in [0, 0.1) is 6.92 Å². The van der Waals surface area contributed by atoms with E-state index in [9.17, 15) is 14.4 Å². The average Bonchev–Trinajstić information content (AvgIpc) is 2.91. The van der Waals surface area contributed by atoms with Gasteiger partial charge in [0.15, 0.2) is 0 Å². The third-order valence-electron chi connectivity index (χ3n) is 3.96. The molecule has 116 valence electrons. The van der Waals surface area contributed by atoms with Crippen molar-refractivity contribution in [3.05, 3.63) is 50.1 Å². The quantitative estimate of drug-likeness (QED) is 0.747. The van der Waals surface area contributed by atoms with Crippen molar-refractivity contribution in [1.82, 2.24) is 25.1 Å². The van der Waals surface area contributed by atoms with E-state index in [1.807, 2.05) is 6.92 Å². The van der Waals surface area contributed by atoms with Crippen LogP contribution < -0.4 is 11.2 Å². The normalized spacial score (nSPS) is 18.4. The number of rotatable bonds is 2. The van der Waals surface area contributed by atoms with Gasteiger partial charge in [-0.15, -0.1) is 0 Å². The highest BCUT2D eigenvalue weighted by Gasteiger charge is 2.31. The Bertz CT molecular complexity index is 775. The minimum absolute atomic E-state index is 0.0119. The molecule has 1 atom stereocenters. The minimum Gasteiger partial charge on any atom is -0.329 e. The highest BCUT2D eigenvalue weighted by Crippen LogP contribution is 2.32. The van der Waals surface area contributed by atoms with E-state index in [1.54, 1.807) is 11.1 Å². The number of aryl methyl sites for hydroxylation is 1. The predicted octanol–water partition coefficient (Wildman–Crippen LogP) is 0.462. The lowest BCUT2D eigenvalue weighted by Crippen LogP contribution is -2.40. The maximum Gasteiger partial charge on any atom is 0.326 e. The monoisotopic (exact) mass is 303 g/mol. The highest BCUT2D eigenvalue weighted by atomic mass is 16.2. The molecule has 2 aromatic heterocycles. The number of carbonyl (C=O) groups excluding carboxylic acids is 1. The van der Waals surface area contributed by atoms with E-state index >= 15 is 0 Å². The van der Waals surface area contributed by atoms with Crippen LogP contribution in [0.4, 0.5) is 0 Å². The lowest BCUT2D eigenvalue weighted by molar-refractivity contribution is 0.0598. The first-order valence-electron chi connectivity index (χ1n) is 7.21. The van der Waals surface area contributed by atoms with E-state index < -0.39 is 11.2 Å². The second kappa shape index (κ2) is 5.63.